The number of hydrogen-bond acceptors (Lipinski definition) is 5. The molecule has 0 radical (unpaired) electrons. The largest absolute Gasteiger partial charge is 0.379 e. The number of hydrogen-bond donors (Lipinski definition) is 1. The van der Waals surface area contributed by atoms with Crippen molar-refractivity contribution in [3.8, 4) is 0 Å². The molecule has 154 valence electrons. The summed E-state index contributed by atoms with van der Waals surface area (Å²) < 4.78 is 4.94. The first-order valence-corrected chi connectivity index (χ1v) is 9.68. The van der Waals surface area contributed by atoms with Gasteiger partial charge >= 0.3 is 0 Å². The van der Waals surface area contributed by atoms with E-state index in [0.29, 0.717) is 5.69 Å². The first-order chi connectivity index (χ1) is 12.7. The van der Waals surface area contributed by atoms with Gasteiger partial charge < -0.3 is 14.8 Å². The Bertz CT molecular complexity index is 574. The minimum absolute atomic E-state index is 0.0417. The monoisotopic (exact) mass is 380 g/mol. The normalized spacial score (nSPS) is 18.9. The Hall–Kier alpha value is -1.95. The van der Waals surface area contributed by atoms with Crippen molar-refractivity contribution in [2.75, 3.05) is 12.4 Å². The molecule has 1 N–H and O–H groups in total. The second-order valence-corrected chi connectivity index (χ2v) is 7.49. The summed E-state index contributed by atoms with van der Waals surface area (Å²) >= 11 is 0. The number of carbonyl (C=O) groups excluding carboxylic acids is 1. The molecule has 0 aliphatic heterocycles. The molecule has 0 saturated heterocycles. The molecule has 2 rings (SSSR count). The van der Waals surface area contributed by atoms with Crippen LogP contribution in [0.5, 0.6) is 0 Å². The summed E-state index contributed by atoms with van der Waals surface area (Å²) in [4.78, 5) is 21.4. The molecular weight excluding hydrogens is 344 g/mol. The fraction of sp³-hybridized carbons (Fsp3) is 0.667. The smallest absolute Gasteiger partial charge is 0.292 e. The third kappa shape index (κ3) is 10.1. The van der Waals surface area contributed by atoms with Gasteiger partial charge in [-0.1, -0.05) is 19.9 Å². The van der Waals surface area contributed by atoms with Crippen LogP contribution >= 0.6 is 0 Å². The standard InChI is InChI=1S/C14H18N2O3.C5H12O.C2H6/c1-10-2-7-13(14(8-10)16(18)19)15-12-5-3-11(9-17)4-6-12;1-5(2,3)6-4;1-2/h2,7-9,11-12,15H,3-6H2,1H3;1-4H3;1-2H3. The lowest BCUT2D eigenvalue weighted by molar-refractivity contribution is -0.384. The van der Waals surface area contributed by atoms with Gasteiger partial charge in [0.2, 0.25) is 0 Å². The highest BCUT2D eigenvalue weighted by atomic mass is 16.6. The summed E-state index contributed by atoms with van der Waals surface area (Å²) in [7, 11) is 1.71. The topological polar surface area (TPSA) is 81.5 Å². The van der Waals surface area contributed by atoms with Crippen LogP contribution < -0.4 is 5.32 Å². The molecule has 0 unspecified atom stereocenters. The van der Waals surface area contributed by atoms with Gasteiger partial charge in [-0.3, -0.25) is 10.1 Å². The van der Waals surface area contributed by atoms with Crippen molar-refractivity contribution in [1.82, 2.24) is 0 Å². The van der Waals surface area contributed by atoms with Crippen molar-refractivity contribution >= 4 is 17.7 Å². The molecule has 0 aromatic heterocycles. The summed E-state index contributed by atoms with van der Waals surface area (Å²) in [6.07, 6.45) is 4.51. The maximum atomic E-state index is 11.0. The summed E-state index contributed by atoms with van der Waals surface area (Å²) in [5.74, 6) is 0.158. The Morgan fingerprint density at radius 3 is 2.11 bits per heavy atom. The third-order valence-corrected chi connectivity index (χ3v) is 4.29. The first-order valence-electron chi connectivity index (χ1n) is 9.68. The second kappa shape index (κ2) is 12.4. The number of anilines is 1. The van der Waals surface area contributed by atoms with E-state index in [0.717, 1.165) is 37.5 Å². The van der Waals surface area contributed by atoms with E-state index in [2.05, 4.69) is 5.32 Å². The van der Waals surface area contributed by atoms with Gasteiger partial charge in [-0.25, -0.2) is 0 Å². The van der Waals surface area contributed by atoms with Gasteiger partial charge in [-0.15, -0.1) is 0 Å². The molecule has 6 heteroatoms. The van der Waals surface area contributed by atoms with Gasteiger partial charge in [-0.2, -0.15) is 0 Å². The SMILES string of the molecule is CC.COC(C)(C)C.Cc1ccc(NC2CCC(C=O)CC2)c([N+](=O)[O-])c1. The quantitative estimate of drug-likeness (QED) is 0.422. The number of nitrogens with zero attached hydrogens (tertiary/aromatic N) is 1. The Morgan fingerprint density at radius 2 is 1.70 bits per heavy atom. The predicted octanol–water partition coefficient (Wildman–Crippen LogP) is 5.53. The maximum absolute atomic E-state index is 11.0. The van der Waals surface area contributed by atoms with E-state index >= 15 is 0 Å². The highest BCUT2D eigenvalue weighted by molar-refractivity contribution is 5.63. The highest BCUT2D eigenvalue weighted by Crippen LogP contribution is 2.30. The number of rotatable bonds is 4. The number of carbonyl (C=O) groups is 1. The molecule has 27 heavy (non-hydrogen) atoms. The first kappa shape index (κ1) is 25.1. The number of methoxy groups -OCH3 is 1. The summed E-state index contributed by atoms with van der Waals surface area (Å²) in [5.41, 5.74) is 1.62. The zero-order valence-electron chi connectivity index (χ0n) is 17.9. The van der Waals surface area contributed by atoms with E-state index in [-0.39, 0.29) is 28.2 Å². The number of aryl methyl sites for hydroxylation is 1. The van der Waals surface area contributed by atoms with Crippen LogP contribution in [0.1, 0.15) is 65.9 Å². The fourth-order valence-corrected chi connectivity index (χ4v) is 2.53. The van der Waals surface area contributed by atoms with Crippen LogP contribution in [0, 0.1) is 23.0 Å². The number of aldehydes is 1. The number of benzene rings is 1. The molecule has 1 aromatic carbocycles. The van der Waals surface area contributed by atoms with Crippen LogP contribution in [0.25, 0.3) is 0 Å². The van der Waals surface area contributed by atoms with Crippen LogP contribution in [0.3, 0.4) is 0 Å². The lowest BCUT2D eigenvalue weighted by Gasteiger charge is -2.26. The Morgan fingerprint density at radius 1 is 1.19 bits per heavy atom. The molecule has 6 nitrogen and oxygen atoms in total. The van der Waals surface area contributed by atoms with Crippen LogP contribution in [0.4, 0.5) is 11.4 Å². The van der Waals surface area contributed by atoms with Gasteiger partial charge in [-0.05, 0) is 65.0 Å². The van der Waals surface area contributed by atoms with E-state index in [1.807, 2.05) is 47.6 Å². The lowest BCUT2D eigenvalue weighted by Crippen LogP contribution is -2.26. The Kier molecular flexibility index (Phi) is 11.5. The minimum atomic E-state index is -0.355. The number of nitrogens with one attached hydrogen (secondary N) is 1. The van der Waals surface area contributed by atoms with Gasteiger partial charge in [0.05, 0.1) is 10.5 Å². The molecule has 1 aliphatic carbocycles. The number of nitro groups is 1. The maximum Gasteiger partial charge on any atom is 0.292 e. The van der Waals surface area contributed by atoms with E-state index in [9.17, 15) is 14.9 Å². The summed E-state index contributed by atoms with van der Waals surface area (Å²) in [6.45, 7) is 11.9. The summed E-state index contributed by atoms with van der Waals surface area (Å²) in [5, 5.41) is 14.3. The molecule has 0 amide bonds. The molecule has 1 aromatic rings. The van der Waals surface area contributed by atoms with Crippen molar-refractivity contribution < 1.29 is 14.5 Å². The van der Waals surface area contributed by atoms with E-state index < -0.39 is 0 Å². The van der Waals surface area contributed by atoms with E-state index in [1.165, 1.54) is 0 Å². The predicted molar refractivity (Wildman–Crippen MR) is 111 cm³/mol. The molecule has 0 atom stereocenters. The van der Waals surface area contributed by atoms with E-state index in [1.54, 1.807) is 19.2 Å². The van der Waals surface area contributed by atoms with Crippen LogP contribution in [-0.4, -0.2) is 30.0 Å². The third-order valence-electron chi connectivity index (χ3n) is 4.29. The van der Waals surface area contributed by atoms with Crippen LogP contribution in [0.2, 0.25) is 0 Å². The highest BCUT2D eigenvalue weighted by Gasteiger charge is 2.23. The Labute approximate surface area is 163 Å². The molecule has 1 aliphatic rings. The van der Waals surface area contributed by atoms with Crippen molar-refractivity contribution in [2.45, 2.75) is 78.9 Å². The van der Waals surface area contributed by atoms with Crippen molar-refractivity contribution in [3.05, 3.63) is 33.9 Å². The second-order valence-electron chi connectivity index (χ2n) is 7.49. The van der Waals surface area contributed by atoms with Crippen molar-refractivity contribution in [3.63, 3.8) is 0 Å². The van der Waals surface area contributed by atoms with Gasteiger partial charge in [0.25, 0.3) is 5.69 Å². The Balaban J connectivity index is 0.000000722. The average Bonchev–Trinajstić information content (AvgIpc) is 2.65. The molecule has 0 heterocycles. The number of ether oxygens (including phenoxy) is 1. The molecule has 1 fully saturated rings. The van der Waals surface area contributed by atoms with E-state index in [4.69, 9.17) is 4.74 Å². The molecular formula is C21H36N2O4. The fourth-order valence-electron chi connectivity index (χ4n) is 2.53. The zero-order chi connectivity index (χ0) is 21.0. The molecule has 1 saturated carbocycles. The number of nitro benzene ring substituents is 1. The zero-order valence-corrected chi connectivity index (χ0v) is 17.9. The average molecular weight is 381 g/mol. The van der Waals surface area contributed by atoms with Gasteiger partial charge in [0.15, 0.2) is 0 Å². The molecule has 0 bridgehead atoms. The minimum Gasteiger partial charge on any atom is -0.379 e. The van der Waals surface area contributed by atoms with Crippen LogP contribution in [-0.2, 0) is 9.53 Å². The van der Waals surface area contributed by atoms with Gasteiger partial charge in [0.1, 0.15) is 12.0 Å². The van der Waals surface area contributed by atoms with Crippen molar-refractivity contribution in [1.29, 1.82) is 0 Å². The van der Waals surface area contributed by atoms with Gasteiger partial charge in [0, 0.05) is 25.1 Å². The molecule has 0 spiro atoms. The van der Waals surface area contributed by atoms with Crippen LogP contribution in [0.15, 0.2) is 18.2 Å². The lowest BCUT2D eigenvalue weighted by atomic mass is 9.87. The summed E-state index contributed by atoms with van der Waals surface area (Å²) in [6, 6.07) is 5.43. The van der Waals surface area contributed by atoms with Crippen molar-refractivity contribution in [2.24, 2.45) is 5.92 Å².